The molecule has 1 atom stereocenters. The van der Waals surface area contributed by atoms with E-state index in [1.54, 1.807) is 0 Å². The Morgan fingerprint density at radius 1 is 1.24 bits per heavy atom. The van der Waals surface area contributed by atoms with E-state index >= 15 is 0 Å². The molecule has 1 spiro atoms. The average molecular weight is 288 g/mol. The molecule has 1 aromatic carbocycles. The van der Waals surface area contributed by atoms with Crippen LogP contribution in [0, 0.1) is 5.41 Å². The number of nitrogens with zero attached hydrogens (tertiary/aromatic N) is 1. The standard InChI is InChI=1S/C17H24N2O2/c18-15-7-4-8-17(15)9-11-19(12-10-17)16(20)21-13-14-5-2-1-3-6-14/h1-3,5-6,15H,4,7-13,18H2/t15-/m1/s1. The van der Waals surface area contributed by atoms with E-state index in [-0.39, 0.29) is 11.5 Å². The predicted octanol–water partition coefficient (Wildman–Crippen LogP) is 2.92. The minimum Gasteiger partial charge on any atom is -0.445 e. The summed E-state index contributed by atoms with van der Waals surface area (Å²) >= 11 is 0. The van der Waals surface area contributed by atoms with Gasteiger partial charge in [-0.1, -0.05) is 36.8 Å². The SMILES string of the molecule is N[C@@H]1CCCC12CCN(C(=O)OCc1ccccc1)CC2. The number of rotatable bonds is 2. The normalized spacial score (nSPS) is 24.2. The van der Waals surface area contributed by atoms with Crippen molar-refractivity contribution in [1.29, 1.82) is 0 Å². The number of piperidine rings is 1. The van der Waals surface area contributed by atoms with E-state index in [2.05, 4.69) is 0 Å². The van der Waals surface area contributed by atoms with Crippen LogP contribution in [-0.4, -0.2) is 30.1 Å². The lowest BCUT2D eigenvalue weighted by Gasteiger charge is -2.41. The predicted molar refractivity (Wildman–Crippen MR) is 81.7 cm³/mol. The van der Waals surface area contributed by atoms with Crippen LogP contribution in [0.5, 0.6) is 0 Å². The van der Waals surface area contributed by atoms with Crippen LogP contribution in [0.25, 0.3) is 0 Å². The fraction of sp³-hybridized carbons (Fsp3) is 0.588. The number of ether oxygens (including phenoxy) is 1. The molecule has 1 aromatic rings. The lowest BCUT2D eigenvalue weighted by molar-refractivity contribution is 0.0579. The summed E-state index contributed by atoms with van der Waals surface area (Å²) in [6, 6.07) is 10.1. The Labute approximate surface area is 126 Å². The summed E-state index contributed by atoms with van der Waals surface area (Å²) in [7, 11) is 0. The molecule has 0 radical (unpaired) electrons. The molecule has 1 amide bonds. The van der Waals surface area contributed by atoms with Gasteiger partial charge in [-0.3, -0.25) is 0 Å². The lowest BCUT2D eigenvalue weighted by Crippen LogP contribution is -2.48. The summed E-state index contributed by atoms with van der Waals surface area (Å²) in [4.78, 5) is 14.0. The summed E-state index contributed by atoms with van der Waals surface area (Å²) in [6.45, 7) is 1.91. The topological polar surface area (TPSA) is 55.6 Å². The van der Waals surface area contributed by atoms with Gasteiger partial charge in [-0.25, -0.2) is 4.79 Å². The molecule has 2 fully saturated rings. The second-order valence-corrected chi connectivity index (χ2v) is 6.39. The van der Waals surface area contributed by atoms with Crippen molar-refractivity contribution in [3.05, 3.63) is 35.9 Å². The number of carbonyl (C=O) groups excluding carboxylic acids is 1. The molecular formula is C17H24N2O2. The Balaban J connectivity index is 1.49. The van der Waals surface area contributed by atoms with Crippen LogP contribution in [0.3, 0.4) is 0 Å². The molecule has 114 valence electrons. The molecule has 4 nitrogen and oxygen atoms in total. The van der Waals surface area contributed by atoms with E-state index in [1.165, 1.54) is 12.8 Å². The second-order valence-electron chi connectivity index (χ2n) is 6.39. The van der Waals surface area contributed by atoms with Gasteiger partial charge in [0.2, 0.25) is 0 Å². The van der Waals surface area contributed by atoms with E-state index in [1.807, 2.05) is 35.2 Å². The fourth-order valence-electron chi connectivity index (χ4n) is 3.73. The molecule has 2 N–H and O–H groups in total. The summed E-state index contributed by atoms with van der Waals surface area (Å²) in [5.41, 5.74) is 7.58. The minimum absolute atomic E-state index is 0.194. The summed E-state index contributed by atoms with van der Waals surface area (Å²) < 4.78 is 5.40. The minimum atomic E-state index is -0.194. The Morgan fingerprint density at radius 2 is 1.95 bits per heavy atom. The van der Waals surface area contributed by atoms with Gasteiger partial charge in [-0.05, 0) is 36.7 Å². The summed E-state index contributed by atoms with van der Waals surface area (Å²) in [6.07, 6.45) is 5.45. The third kappa shape index (κ3) is 3.05. The first-order valence-corrected chi connectivity index (χ1v) is 7.91. The van der Waals surface area contributed by atoms with Gasteiger partial charge in [0.15, 0.2) is 0 Å². The molecule has 0 bridgehead atoms. The summed E-state index contributed by atoms with van der Waals surface area (Å²) in [5.74, 6) is 0. The van der Waals surface area contributed by atoms with E-state index in [4.69, 9.17) is 10.5 Å². The van der Waals surface area contributed by atoms with Gasteiger partial charge in [-0.2, -0.15) is 0 Å². The van der Waals surface area contributed by atoms with Gasteiger partial charge in [0, 0.05) is 19.1 Å². The number of nitrogens with two attached hydrogens (primary N) is 1. The lowest BCUT2D eigenvalue weighted by atomic mass is 9.74. The number of likely N-dealkylation sites (tertiary alicyclic amines) is 1. The zero-order valence-corrected chi connectivity index (χ0v) is 12.5. The van der Waals surface area contributed by atoms with Crippen molar-refractivity contribution in [2.45, 2.75) is 44.8 Å². The van der Waals surface area contributed by atoms with Crippen molar-refractivity contribution in [3.63, 3.8) is 0 Å². The molecule has 2 aliphatic rings. The zero-order chi connectivity index (χ0) is 14.7. The molecule has 0 unspecified atom stereocenters. The molecule has 1 saturated carbocycles. The van der Waals surface area contributed by atoms with Crippen molar-refractivity contribution >= 4 is 6.09 Å². The van der Waals surface area contributed by atoms with Crippen molar-refractivity contribution < 1.29 is 9.53 Å². The third-order valence-corrected chi connectivity index (χ3v) is 5.20. The van der Waals surface area contributed by atoms with Crippen LogP contribution in [0.2, 0.25) is 0 Å². The average Bonchev–Trinajstić information content (AvgIpc) is 2.87. The first-order valence-electron chi connectivity index (χ1n) is 7.91. The Kier molecular flexibility index (Phi) is 4.15. The van der Waals surface area contributed by atoms with E-state index in [0.717, 1.165) is 37.9 Å². The van der Waals surface area contributed by atoms with Crippen LogP contribution in [0.1, 0.15) is 37.7 Å². The van der Waals surface area contributed by atoms with E-state index < -0.39 is 0 Å². The molecule has 4 heteroatoms. The molecule has 3 rings (SSSR count). The Bertz CT molecular complexity index is 481. The molecule has 1 aliphatic carbocycles. The quantitative estimate of drug-likeness (QED) is 0.910. The number of benzene rings is 1. The molecule has 1 saturated heterocycles. The maximum absolute atomic E-state index is 12.1. The first kappa shape index (κ1) is 14.4. The number of amides is 1. The highest BCUT2D eigenvalue weighted by Gasteiger charge is 2.43. The smallest absolute Gasteiger partial charge is 0.410 e. The third-order valence-electron chi connectivity index (χ3n) is 5.20. The maximum atomic E-state index is 12.1. The molecule has 21 heavy (non-hydrogen) atoms. The van der Waals surface area contributed by atoms with Crippen molar-refractivity contribution in [1.82, 2.24) is 4.90 Å². The van der Waals surface area contributed by atoms with Gasteiger partial charge in [0.25, 0.3) is 0 Å². The second kappa shape index (κ2) is 6.06. The van der Waals surface area contributed by atoms with Gasteiger partial charge in [-0.15, -0.1) is 0 Å². The van der Waals surface area contributed by atoms with Crippen LogP contribution in [-0.2, 0) is 11.3 Å². The van der Waals surface area contributed by atoms with Crippen LogP contribution >= 0.6 is 0 Å². The van der Waals surface area contributed by atoms with Gasteiger partial charge in [0.05, 0.1) is 0 Å². The monoisotopic (exact) mass is 288 g/mol. The van der Waals surface area contributed by atoms with Crippen LogP contribution in [0.4, 0.5) is 4.79 Å². The molecular weight excluding hydrogens is 264 g/mol. The van der Waals surface area contributed by atoms with Crippen LogP contribution in [0.15, 0.2) is 30.3 Å². The van der Waals surface area contributed by atoms with Gasteiger partial charge >= 0.3 is 6.09 Å². The van der Waals surface area contributed by atoms with E-state index in [9.17, 15) is 4.79 Å². The van der Waals surface area contributed by atoms with Gasteiger partial charge in [0.1, 0.15) is 6.61 Å². The molecule has 1 heterocycles. The highest BCUT2D eigenvalue weighted by molar-refractivity contribution is 5.67. The first-order chi connectivity index (χ1) is 10.2. The van der Waals surface area contributed by atoms with Crippen molar-refractivity contribution in [3.8, 4) is 0 Å². The number of carbonyl (C=O) groups is 1. The molecule has 0 aromatic heterocycles. The fourth-order valence-corrected chi connectivity index (χ4v) is 3.73. The molecule has 1 aliphatic heterocycles. The summed E-state index contributed by atoms with van der Waals surface area (Å²) in [5, 5.41) is 0. The van der Waals surface area contributed by atoms with Gasteiger partial charge < -0.3 is 15.4 Å². The van der Waals surface area contributed by atoms with E-state index in [0.29, 0.717) is 12.6 Å². The number of hydrogen-bond acceptors (Lipinski definition) is 3. The van der Waals surface area contributed by atoms with Crippen molar-refractivity contribution in [2.24, 2.45) is 11.1 Å². The van der Waals surface area contributed by atoms with Crippen molar-refractivity contribution in [2.75, 3.05) is 13.1 Å². The Hall–Kier alpha value is -1.55. The Morgan fingerprint density at radius 3 is 2.57 bits per heavy atom. The number of hydrogen-bond donors (Lipinski definition) is 1. The largest absolute Gasteiger partial charge is 0.445 e. The zero-order valence-electron chi connectivity index (χ0n) is 12.5. The maximum Gasteiger partial charge on any atom is 0.410 e. The highest BCUT2D eigenvalue weighted by Crippen LogP contribution is 2.45. The van der Waals surface area contributed by atoms with Crippen LogP contribution < -0.4 is 5.73 Å². The highest BCUT2D eigenvalue weighted by atomic mass is 16.6.